The van der Waals surface area contributed by atoms with E-state index in [0.29, 0.717) is 24.7 Å². The van der Waals surface area contributed by atoms with Gasteiger partial charge in [0.15, 0.2) is 0 Å². The van der Waals surface area contributed by atoms with E-state index in [1.165, 1.54) is 0 Å². The quantitative estimate of drug-likeness (QED) is 0.779. The summed E-state index contributed by atoms with van der Waals surface area (Å²) >= 11 is 5.60. The number of rotatable bonds is 5. The van der Waals surface area contributed by atoms with E-state index in [2.05, 4.69) is 4.98 Å². The van der Waals surface area contributed by atoms with Crippen molar-refractivity contribution in [3.63, 3.8) is 0 Å². The molecule has 0 spiro atoms. The number of carbonyl (C=O) groups is 1. The van der Waals surface area contributed by atoms with Gasteiger partial charge in [-0.05, 0) is 19.4 Å². The molecule has 0 bridgehead atoms. The Morgan fingerprint density at radius 1 is 1.58 bits per heavy atom. The van der Waals surface area contributed by atoms with Crippen molar-refractivity contribution in [2.45, 2.75) is 32.3 Å². The number of halogens is 1. The van der Waals surface area contributed by atoms with Gasteiger partial charge in [-0.2, -0.15) is 0 Å². The van der Waals surface area contributed by atoms with Crippen molar-refractivity contribution in [2.75, 3.05) is 19.0 Å². The van der Waals surface area contributed by atoms with Gasteiger partial charge in [0.25, 0.3) is 0 Å². The summed E-state index contributed by atoms with van der Waals surface area (Å²) in [5.41, 5.74) is 0.936. The van der Waals surface area contributed by atoms with Crippen LogP contribution in [0, 0.1) is 6.92 Å². The monoisotopic (exact) mass is 282 g/mol. The molecule has 1 aliphatic rings. The number of amides is 1. The Hall–Kier alpha value is -1.29. The molecule has 0 saturated carbocycles. The molecule has 5 heteroatoms. The van der Waals surface area contributed by atoms with Gasteiger partial charge in [0, 0.05) is 37.0 Å². The molecule has 2 heterocycles. The molecule has 0 radical (unpaired) electrons. The van der Waals surface area contributed by atoms with E-state index in [-0.39, 0.29) is 12.0 Å². The van der Waals surface area contributed by atoms with E-state index in [9.17, 15) is 4.79 Å². The van der Waals surface area contributed by atoms with Crippen molar-refractivity contribution in [1.29, 1.82) is 0 Å². The number of hydrogen-bond acceptors (Lipinski definition) is 3. The molecular weight excluding hydrogens is 264 g/mol. The summed E-state index contributed by atoms with van der Waals surface area (Å²) in [6.07, 6.45) is 2.18. The molecule has 1 saturated heterocycles. The van der Waals surface area contributed by atoms with Gasteiger partial charge < -0.3 is 9.64 Å². The fourth-order valence-electron chi connectivity index (χ4n) is 2.18. The van der Waals surface area contributed by atoms with Gasteiger partial charge in [0.1, 0.15) is 6.10 Å². The smallest absolute Gasteiger partial charge is 0.222 e. The summed E-state index contributed by atoms with van der Waals surface area (Å²) in [6.45, 7) is 3.35. The number of nitrogens with zero attached hydrogens (tertiary/aromatic N) is 2. The van der Waals surface area contributed by atoms with Crippen molar-refractivity contribution in [1.82, 2.24) is 9.88 Å². The van der Waals surface area contributed by atoms with E-state index in [4.69, 9.17) is 16.3 Å². The Labute approximate surface area is 118 Å². The van der Waals surface area contributed by atoms with Gasteiger partial charge in [-0.3, -0.25) is 4.79 Å². The summed E-state index contributed by atoms with van der Waals surface area (Å²) in [7, 11) is 0. The lowest BCUT2D eigenvalue weighted by molar-refractivity contribution is -0.130. The number of ether oxygens (including phenoxy) is 1. The van der Waals surface area contributed by atoms with E-state index in [0.717, 1.165) is 25.1 Å². The molecule has 2 rings (SSSR count). The molecule has 1 aliphatic heterocycles. The molecule has 0 aliphatic carbocycles. The van der Waals surface area contributed by atoms with Gasteiger partial charge in [-0.25, -0.2) is 4.98 Å². The zero-order valence-corrected chi connectivity index (χ0v) is 11.9. The highest BCUT2D eigenvalue weighted by atomic mass is 35.5. The number of alkyl halides is 1. The first-order valence-corrected chi connectivity index (χ1v) is 7.16. The highest BCUT2D eigenvalue weighted by Gasteiger charge is 2.27. The third kappa shape index (κ3) is 4.10. The van der Waals surface area contributed by atoms with Crippen LogP contribution in [0.2, 0.25) is 0 Å². The molecule has 1 aromatic rings. The van der Waals surface area contributed by atoms with Crippen LogP contribution < -0.4 is 4.74 Å². The van der Waals surface area contributed by atoms with Crippen LogP contribution in [0.1, 0.15) is 25.0 Å². The topological polar surface area (TPSA) is 42.4 Å². The van der Waals surface area contributed by atoms with Gasteiger partial charge in [0.05, 0.1) is 6.54 Å². The van der Waals surface area contributed by atoms with Gasteiger partial charge in [-0.1, -0.05) is 6.07 Å². The highest BCUT2D eigenvalue weighted by Crippen LogP contribution is 2.17. The van der Waals surface area contributed by atoms with E-state index < -0.39 is 0 Å². The van der Waals surface area contributed by atoms with Crippen molar-refractivity contribution >= 4 is 17.5 Å². The van der Waals surface area contributed by atoms with Crippen molar-refractivity contribution in [2.24, 2.45) is 0 Å². The van der Waals surface area contributed by atoms with E-state index in [1.54, 1.807) is 0 Å². The van der Waals surface area contributed by atoms with Crippen LogP contribution in [0.25, 0.3) is 0 Å². The van der Waals surface area contributed by atoms with Crippen LogP contribution in [-0.2, 0) is 4.79 Å². The average Bonchev–Trinajstić information content (AvgIpc) is 2.84. The fraction of sp³-hybridized carbons (Fsp3) is 0.571. The van der Waals surface area contributed by atoms with Crippen LogP contribution in [-0.4, -0.2) is 40.9 Å². The standard InChI is InChI=1S/C14H19ClN2O2/c1-11-4-2-5-13(16-11)19-12-7-9-17(10-12)14(18)6-3-8-15/h2,4-5,12H,3,6-10H2,1H3. The Kier molecular flexibility index (Phi) is 5.02. The summed E-state index contributed by atoms with van der Waals surface area (Å²) in [5.74, 6) is 1.34. The van der Waals surface area contributed by atoms with Crippen molar-refractivity contribution in [3.05, 3.63) is 23.9 Å². The first kappa shape index (κ1) is 14.1. The lowest BCUT2D eigenvalue weighted by Crippen LogP contribution is -2.30. The molecule has 19 heavy (non-hydrogen) atoms. The minimum absolute atomic E-state index is 0.0502. The Morgan fingerprint density at radius 3 is 3.16 bits per heavy atom. The predicted octanol–water partition coefficient (Wildman–Crippen LogP) is 2.39. The Morgan fingerprint density at radius 2 is 2.42 bits per heavy atom. The number of hydrogen-bond donors (Lipinski definition) is 0. The molecule has 1 aromatic heterocycles. The zero-order valence-electron chi connectivity index (χ0n) is 11.1. The van der Waals surface area contributed by atoms with Gasteiger partial charge in [-0.15, -0.1) is 11.6 Å². The second kappa shape index (κ2) is 6.75. The third-order valence-electron chi connectivity index (χ3n) is 3.17. The number of aryl methyl sites for hydroxylation is 1. The molecule has 1 atom stereocenters. The Bertz CT molecular complexity index is 439. The second-order valence-corrected chi connectivity index (χ2v) is 5.16. The molecule has 1 amide bonds. The molecule has 104 valence electrons. The van der Waals surface area contributed by atoms with Crippen LogP contribution in [0.4, 0.5) is 0 Å². The Balaban J connectivity index is 1.83. The maximum atomic E-state index is 11.9. The number of pyridine rings is 1. The largest absolute Gasteiger partial charge is 0.472 e. The SMILES string of the molecule is Cc1cccc(OC2CCN(C(=O)CCCCl)C2)n1. The lowest BCUT2D eigenvalue weighted by atomic mass is 10.3. The minimum atomic E-state index is 0.0502. The maximum Gasteiger partial charge on any atom is 0.222 e. The predicted molar refractivity (Wildman–Crippen MR) is 74.5 cm³/mol. The fourth-order valence-corrected chi connectivity index (χ4v) is 2.32. The average molecular weight is 283 g/mol. The highest BCUT2D eigenvalue weighted by molar-refractivity contribution is 6.17. The van der Waals surface area contributed by atoms with Gasteiger partial charge >= 0.3 is 0 Å². The molecule has 1 fully saturated rings. The molecule has 4 nitrogen and oxygen atoms in total. The first-order chi connectivity index (χ1) is 9.19. The summed E-state index contributed by atoms with van der Waals surface area (Å²) in [6, 6.07) is 5.71. The molecular formula is C14H19ClN2O2. The minimum Gasteiger partial charge on any atom is -0.472 e. The first-order valence-electron chi connectivity index (χ1n) is 6.63. The summed E-state index contributed by atoms with van der Waals surface area (Å²) < 4.78 is 5.81. The number of likely N-dealkylation sites (tertiary alicyclic amines) is 1. The maximum absolute atomic E-state index is 11.9. The zero-order chi connectivity index (χ0) is 13.7. The molecule has 1 unspecified atom stereocenters. The summed E-state index contributed by atoms with van der Waals surface area (Å²) in [5, 5.41) is 0. The number of carbonyl (C=O) groups excluding carboxylic acids is 1. The van der Waals surface area contributed by atoms with Crippen molar-refractivity contribution < 1.29 is 9.53 Å². The van der Waals surface area contributed by atoms with Crippen LogP contribution >= 0.6 is 11.6 Å². The van der Waals surface area contributed by atoms with Gasteiger partial charge in [0.2, 0.25) is 11.8 Å². The van der Waals surface area contributed by atoms with Crippen LogP contribution in [0.3, 0.4) is 0 Å². The van der Waals surface area contributed by atoms with Crippen LogP contribution in [0.15, 0.2) is 18.2 Å². The second-order valence-electron chi connectivity index (χ2n) is 4.78. The third-order valence-corrected chi connectivity index (χ3v) is 3.44. The normalized spacial score (nSPS) is 18.6. The van der Waals surface area contributed by atoms with E-state index >= 15 is 0 Å². The van der Waals surface area contributed by atoms with E-state index in [1.807, 2.05) is 30.0 Å². The summed E-state index contributed by atoms with van der Waals surface area (Å²) in [4.78, 5) is 18.0. The molecule has 0 aromatic carbocycles. The number of aromatic nitrogens is 1. The van der Waals surface area contributed by atoms with Crippen molar-refractivity contribution in [3.8, 4) is 5.88 Å². The molecule has 0 N–H and O–H groups in total. The lowest BCUT2D eigenvalue weighted by Gasteiger charge is -2.16. The van der Waals surface area contributed by atoms with Crippen LogP contribution in [0.5, 0.6) is 5.88 Å².